The van der Waals surface area contributed by atoms with E-state index in [1.807, 2.05) is 46.8 Å². The lowest BCUT2D eigenvalue weighted by molar-refractivity contribution is 0.0740. The Morgan fingerprint density at radius 3 is 1.88 bits per heavy atom. The second kappa shape index (κ2) is 16.2. The molecule has 0 aliphatic heterocycles. The van der Waals surface area contributed by atoms with Gasteiger partial charge in [0.15, 0.2) is 0 Å². The number of nitrogens with one attached hydrogen (secondary N) is 2. The molecule has 0 bridgehead atoms. The highest BCUT2D eigenvalue weighted by molar-refractivity contribution is 5.98. The predicted molar refractivity (Wildman–Crippen MR) is 172 cm³/mol. The highest BCUT2D eigenvalue weighted by Crippen LogP contribution is 2.24. The van der Waals surface area contributed by atoms with Gasteiger partial charge in [-0.2, -0.15) is 0 Å². The van der Waals surface area contributed by atoms with E-state index in [2.05, 4.69) is 71.2 Å². The number of aromatic nitrogens is 2. The maximum Gasteiger partial charge on any atom is 0.253 e. The van der Waals surface area contributed by atoms with Crippen molar-refractivity contribution in [1.29, 1.82) is 0 Å². The minimum absolute atomic E-state index is 0.0729. The normalized spacial score (nSPS) is 11.3. The second-order valence-corrected chi connectivity index (χ2v) is 12.3. The van der Waals surface area contributed by atoms with Crippen molar-refractivity contribution in [2.75, 3.05) is 46.1 Å². The molecule has 2 aromatic carbocycles. The van der Waals surface area contributed by atoms with Gasteiger partial charge in [0, 0.05) is 44.0 Å². The Balaban J connectivity index is 0.000000745. The van der Waals surface area contributed by atoms with Crippen molar-refractivity contribution in [3.8, 4) is 0 Å². The van der Waals surface area contributed by atoms with Crippen molar-refractivity contribution < 1.29 is 9.59 Å². The summed E-state index contributed by atoms with van der Waals surface area (Å²) in [5.74, 6) is 2.52. The molecule has 2 N–H and O–H groups in total. The van der Waals surface area contributed by atoms with E-state index in [0.29, 0.717) is 28.9 Å². The Labute approximate surface area is 247 Å². The Kier molecular flexibility index (Phi) is 13.3. The minimum atomic E-state index is -0.123. The Morgan fingerprint density at radius 2 is 1.41 bits per heavy atom. The van der Waals surface area contributed by atoms with Crippen LogP contribution in [0.2, 0.25) is 0 Å². The first-order valence-corrected chi connectivity index (χ1v) is 14.8. The first-order chi connectivity index (χ1) is 19.3. The van der Waals surface area contributed by atoms with Crippen molar-refractivity contribution in [2.24, 2.45) is 24.8 Å². The van der Waals surface area contributed by atoms with Crippen LogP contribution in [0.15, 0.2) is 42.5 Å². The third kappa shape index (κ3) is 10.8. The number of rotatable bonds is 12. The molecule has 8 heteroatoms. The largest absolute Gasteiger partial charge is 0.355 e. The molecule has 0 aliphatic rings. The van der Waals surface area contributed by atoms with E-state index in [9.17, 15) is 9.59 Å². The smallest absolute Gasteiger partial charge is 0.253 e. The van der Waals surface area contributed by atoms with Gasteiger partial charge in [0.1, 0.15) is 0 Å². The first-order valence-electron chi connectivity index (χ1n) is 14.8. The maximum absolute atomic E-state index is 13.4. The van der Waals surface area contributed by atoms with Crippen LogP contribution >= 0.6 is 0 Å². The van der Waals surface area contributed by atoms with Crippen molar-refractivity contribution in [3.63, 3.8) is 0 Å². The lowest BCUT2D eigenvalue weighted by atomic mass is 10.1. The summed E-state index contributed by atoms with van der Waals surface area (Å²) in [7, 11) is 7.74. The van der Waals surface area contributed by atoms with Gasteiger partial charge in [0.05, 0.1) is 11.0 Å². The lowest BCUT2D eigenvalue weighted by Gasteiger charge is -2.24. The first kappa shape index (κ1) is 33.8. The molecule has 3 rings (SSSR count). The topological polar surface area (TPSA) is 82.5 Å². The molecule has 8 nitrogen and oxygen atoms in total. The number of anilines is 2. The zero-order valence-corrected chi connectivity index (χ0v) is 26.9. The fraction of sp³-hybridized carbons (Fsp3) is 0.545. The lowest BCUT2D eigenvalue weighted by Crippen LogP contribution is -2.34. The number of benzene rings is 2. The van der Waals surface area contributed by atoms with Crippen LogP contribution in [-0.2, 0) is 7.05 Å². The summed E-state index contributed by atoms with van der Waals surface area (Å²) in [4.78, 5) is 34.0. The van der Waals surface area contributed by atoms with Gasteiger partial charge in [0.25, 0.3) is 11.8 Å². The van der Waals surface area contributed by atoms with E-state index in [1.54, 1.807) is 19.2 Å². The van der Waals surface area contributed by atoms with Gasteiger partial charge in [-0.25, -0.2) is 4.98 Å². The van der Waals surface area contributed by atoms with Crippen molar-refractivity contribution in [3.05, 3.63) is 53.6 Å². The molecular formula is C33H52N6O2. The standard InChI is InChI=1S/C27H37N5O2.C6H15N/c1-18(2)13-15-32(16-14-19(3)4)26(34)21-9-12-23-24(17-21)31(6)27(30-23)29-22-10-7-20(8-11-22)25(33)28-5;1-6(2)5-7(3)4/h7-12,17-19H,13-16H2,1-6H3,(H,28,33)(H,29,30);6H,5H2,1-4H3. The van der Waals surface area contributed by atoms with Crippen LogP contribution in [0.25, 0.3) is 11.0 Å². The number of imidazole rings is 1. The summed E-state index contributed by atoms with van der Waals surface area (Å²) >= 11 is 0. The summed E-state index contributed by atoms with van der Waals surface area (Å²) in [6, 6.07) is 12.9. The summed E-state index contributed by atoms with van der Waals surface area (Å²) in [6.45, 7) is 15.9. The SMILES string of the molecule is CC(C)CN(C)C.CNC(=O)c1ccc(Nc2nc3ccc(C(=O)N(CCC(C)C)CCC(C)C)cc3n2C)cc1. The molecule has 3 aromatic rings. The van der Waals surface area contributed by atoms with Crippen LogP contribution < -0.4 is 10.6 Å². The van der Waals surface area contributed by atoms with Crippen molar-refractivity contribution in [1.82, 2.24) is 24.7 Å². The highest BCUT2D eigenvalue weighted by Gasteiger charge is 2.18. The van der Waals surface area contributed by atoms with Crippen LogP contribution in [-0.4, -0.2) is 71.9 Å². The molecule has 0 unspecified atom stereocenters. The van der Waals surface area contributed by atoms with Crippen LogP contribution in [0.3, 0.4) is 0 Å². The van der Waals surface area contributed by atoms with Gasteiger partial charge in [0.2, 0.25) is 5.95 Å². The average molecular weight is 565 g/mol. The number of hydrogen-bond donors (Lipinski definition) is 2. The van der Waals surface area contributed by atoms with E-state index in [-0.39, 0.29) is 11.8 Å². The molecule has 2 amide bonds. The van der Waals surface area contributed by atoms with Gasteiger partial charge in [-0.1, -0.05) is 41.5 Å². The minimum Gasteiger partial charge on any atom is -0.355 e. The molecule has 0 saturated heterocycles. The molecule has 41 heavy (non-hydrogen) atoms. The molecule has 1 heterocycles. The number of carbonyl (C=O) groups is 2. The molecule has 1 aromatic heterocycles. The maximum atomic E-state index is 13.4. The molecule has 0 aliphatic carbocycles. The van der Waals surface area contributed by atoms with Gasteiger partial charge < -0.3 is 25.0 Å². The molecule has 0 fully saturated rings. The van der Waals surface area contributed by atoms with Crippen LogP contribution in [0, 0.1) is 17.8 Å². The number of carbonyl (C=O) groups excluding carboxylic acids is 2. The van der Waals surface area contributed by atoms with Crippen molar-refractivity contribution in [2.45, 2.75) is 54.4 Å². The van der Waals surface area contributed by atoms with Gasteiger partial charge in [-0.05, 0) is 93.7 Å². The van der Waals surface area contributed by atoms with Crippen molar-refractivity contribution >= 4 is 34.5 Å². The van der Waals surface area contributed by atoms with Gasteiger partial charge in [-0.15, -0.1) is 0 Å². The Morgan fingerprint density at radius 1 is 0.854 bits per heavy atom. The van der Waals surface area contributed by atoms with Gasteiger partial charge in [-0.3, -0.25) is 9.59 Å². The van der Waals surface area contributed by atoms with E-state index >= 15 is 0 Å². The third-order valence-electron chi connectivity index (χ3n) is 6.73. The van der Waals surface area contributed by atoms with Crippen LogP contribution in [0.5, 0.6) is 0 Å². The molecule has 0 spiro atoms. The monoisotopic (exact) mass is 564 g/mol. The number of hydrogen-bond acceptors (Lipinski definition) is 5. The second-order valence-electron chi connectivity index (χ2n) is 12.3. The fourth-order valence-corrected chi connectivity index (χ4v) is 4.47. The Bertz CT molecular complexity index is 1230. The number of amides is 2. The molecule has 226 valence electrons. The quantitative estimate of drug-likeness (QED) is 0.265. The molecule has 0 saturated carbocycles. The molecule has 0 atom stereocenters. The zero-order valence-electron chi connectivity index (χ0n) is 26.9. The van der Waals surface area contributed by atoms with Gasteiger partial charge >= 0.3 is 0 Å². The molecular weight excluding hydrogens is 512 g/mol. The summed E-state index contributed by atoms with van der Waals surface area (Å²) in [6.07, 6.45) is 1.98. The number of nitrogens with zero attached hydrogens (tertiary/aromatic N) is 4. The number of aryl methyl sites for hydroxylation is 1. The van der Waals surface area contributed by atoms with E-state index < -0.39 is 0 Å². The third-order valence-corrected chi connectivity index (χ3v) is 6.73. The fourth-order valence-electron chi connectivity index (χ4n) is 4.47. The highest BCUT2D eigenvalue weighted by atomic mass is 16.2. The van der Waals surface area contributed by atoms with Crippen LogP contribution in [0.4, 0.5) is 11.6 Å². The summed E-state index contributed by atoms with van der Waals surface area (Å²) < 4.78 is 1.95. The zero-order chi connectivity index (χ0) is 30.7. The van der Waals surface area contributed by atoms with E-state index in [4.69, 9.17) is 4.98 Å². The number of fused-ring (bicyclic) bond motifs is 1. The Hall–Kier alpha value is -3.39. The molecule has 0 radical (unpaired) electrons. The predicted octanol–water partition coefficient (Wildman–Crippen LogP) is 6.41. The summed E-state index contributed by atoms with van der Waals surface area (Å²) in [5, 5.41) is 5.93. The van der Waals surface area contributed by atoms with Crippen LogP contribution in [0.1, 0.15) is 75.1 Å². The summed E-state index contributed by atoms with van der Waals surface area (Å²) in [5.41, 5.74) is 3.82. The van der Waals surface area contributed by atoms with E-state index in [0.717, 1.165) is 48.6 Å². The van der Waals surface area contributed by atoms with E-state index in [1.165, 1.54) is 6.54 Å². The average Bonchev–Trinajstić information content (AvgIpc) is 3.21.